The second kappa shape index (κ2) is 3.84. The van der Waals surface area contributed by atoms with E-state index >= 15 is 0 Å². The fraction of sp³-hybridized carbons (Fsp3) is 0.0714. The van der Waals surface area contributed by atoms with Crippen LogP contribution in [0.15, 0.2) is 42.7 Å². The molecule has 0 radical (unpaired) electrons. The molecule has 0 aliphatic rings. The number of imidazole rings is 1. The first kappa shape index (κ1) is 10.8. The van der Waals surface area contributed by atoms with E-state index in [4.69, 9.17) is 5.73 Å². The minimum absolute atomic E-state index is 0.247. The molecule has 0 atom stereocenters. The first-order valence-corrected chi connectivity index (χ1v) is 5.64. The summed E-state index contributed by atoms with van der Waals surface area (Å²) in [6, 6.07) is 8.18. The smallest absolute Gasteiger partial charge is 0.140 e. The third-order valence-electron chi connectivity index (χ3n) is 2.90. The van der Waals surface area contributed by atoms with E-state index in [0.717, 1.165) is 22.5 Å². The van der Waals surface area contributed by atoms with Gasteiger partial charge in [0.15, 0.2) is 0 Å². The van der Waals surface area contributed by atoms with Crippen molar-refractivity contribution < 1.29 is 4.39 Å². The SMILES string of the molecule is Cc1cc(N)cn2cc(-c3ccc(F)cc3)nc12. The number of anilines is 1. The first-order valence-electron chi connectivity index (χ1n) is 5.64. The number of pyridine rings is 1. The summed E-state index contributed by atoms with van der Waals surface area (Å²) in [6.45, 7) is 1.97. The van der Waals surface area contributed by atoms with E-state index in [-0.39, 0.29) is 5.82 Å². The average Bonchev–Trinajstić information content (AvgIpc) is 2.74. The number of halogens is 1. The quantitative estimate of drug-likeness (QED) is 0.711. The maximum absolute atomic E-state index is 12.9. The van der Waals surface area contributed by atoms with Crippen LogP contribution in [0.4, 0.5) is 10.1 Å². The summed E-state index contributed by atoms with van der Waals surface area (Å²) in [5, 5.41) is 0. The Kier molecular flexibility index (Phi) is 2.30. The van der Waals surface area contributed by atoms with Gasteiger partial charge in [-0.15, -0.1) is 0 Å². The van der Waals surface area contributed by atoms with Crippen molar-refractivity contribution in [3.63, 3.8) is 0 Å². The predicted octanol–water partition coefficient (Wildman–Crippen LogP) is 3.03. The Bertz CT molecular complexity index is 714. The van der Waals surface area contributed by atoms with Gasteiger partial charge in [-0.3, -0.25) is 0 Å². The molecule has 0 saturated carbocycles. The van der Waals surface area contributed by atoms with Crippen molar-refractivity contribution in [3.8, 4) is 11.3 Å². The molecule has 0 aliphatic carbocycles. The Labute approximate surface area is 104 Å². The summed E-state index contributed by atoms with van der Waals surface area (Å²) in [5.74, 6) is -0.247. The monoisotopic (exact) mass is 241 g/mol. The molecule has 0 aliphatic heterocycles. The number of nitrogen functional groups attached to an aromatic ring is 1. The Morgan fingerprint density at radius 3 is 2.61 bits per heavy atom. The maximum Gasteiger partial charge on any atom is 0.140 e. The molecule has 18 heavy (non-hydrogen) atoms. The van der Waals surface area contributed by atoms with Crippen molar-refractivity contribution in [2.75, 3.05) is 5.73 Å². The molecule has 0 fully saturated rings. The van der Waals surface area contributed by atoms with Crippen molar-refractivity contribution in [1.82, 2.24) is 9.38 Å². The number of hydrogen-bond donors (Lipinski definition) is 1. The Balaban J connectivity index is 2.19. The van der Waals surface area contributed by atoms with Gasteiger partial charge < -0.3 is 10.1 Å². The van der Waals surface area contributed by atoms with Gasteiger partial charge in [0.2, 0.25) is 0 Å². The van der Waals surface area contributed by atoms with Gasteiger partial charge in [0.05, 0.1) is 5.69 Å². The van der Waals surface area contributed by atoms with E-state index in [0.29, 0.717) is 5.69 Å². The number of nitrogens with zero attached hydrogens (tertiary/aromatic N) is 2. The van der Waals surface area contributed by atoms with Crippen molar-refractivity contribution in [2.45, 2.75) is 6.92 Å². The van der Waals surface area contributed by atoms with Gasteiger partial charge in [0, 0.05) is 23.6 Å². The second-order valence-electron chi connectivity index (χ2n) is 4.32. The molecular weight excluding hydrogens is 229 g/mol. The van der Waals surface area contributed by atoms with Crippen molar-refractivity contribution in [1.29, 1.82) is 0 Å². The van der Waals surface area contributed by atoms with Gasteiger partial charge in [0.25, 0.3) is 0 Å². The van der Waals surface area contributed by atoms with Gasteiger partial charge in [-0.25, -0.2) is 9.37 Å². The minimum atomic E-state index is -0.247. The topological polar surface area (TPSA) is 43.3 Å². The van der Waals surface area contributed by atoms with Crippen LogP contribution < -0.4 is 5.73 Å². The minimum Gasteiger partial charge on any atom is -0.398 e. The lowest BCUT2D eigenvalue weighted by Gasteiger charge is -1.98. The van der Waals surface area contributed by atoms with E-state index < -0.39 is 0 Å². The highest BCUT2D eigenvalue weighted by Crippen LogP contribution is 2.22. The molecule has 0 unspecified atom stereocenters. The van der Waals surface area contributed by atoms with Gasteiger partial charge >= 0.3 is 0 Å². The molecule has 2 heterocycles. The zero-order valence-electron chi connectivity index (χ0n) is 9.89. The molecule has 3 aromatic rings. The lowest BCUT2D eigenvalue weighted by Crippen LogP contribution is -1.92. The molecule has 0 bridgehead atoms. The molecule has 3 rings (SSSR count). The predicted molar refractivity (Wildman–Crippen MR) is 69.7 cm³/mol. The highest BCUT2D eigenvalue weighted by molar-refractivity contribution is 5.65. The molecule has 2 N–H and O–H groups in total. The number of hydrogen-bond acceptors (Lipinski definition) is 2. The van der Waals surface area contributed by atoms with E-state index in [9.17, 15) is 4.39 Å². The number of benzene rings is 1. The Morgan fingerprint density at radius 1 is 1.17 bits per heavy atom. The summed E-state index contributed by atoms with van der Waals surface area (Å²) < 4.78 is 14.8. The number of nitrogens with two attached hydrogens (primary N) is 1. The zero-order valence-corrected chi connectivity index (χ0v) is 9.89. The highest BCUT2D eigenvalue weighted by Gasteiger charge is 2.07. The molecule has 0 spiro atoms. The molecule has 2 aromatic heterocycles. The van der Waals surface area contributed by atoms with Crippen molar-refractivity contribution in [2.24, 2.45) is 0 Å². The first-order chi connectivity index (χ1) is 8.63. The molecular formula is C14H12FN3. The van der Waals surface area contributed by atoms with Crippen molar-refractivity contribution >= 4 is 11.3 Å². The third kappa shape index (κ3) is 1.72. The summed E-state index contributed by atoms with van der Waals surface area (Å²) in [7, 11) is 0. The van der Waals surface area contributed by atoms with Gasteiger partial charge in [0.1, 0.15) is 11.5 Å². The molecule has 90 valence electrons. The van der Waals surface area contributed by atoms with Crippen LogP contribution in [0, 0.1) is 12.7 Å². The van der Waals surface area contributed by atoms with Crippen LogP contribution in [-0.4, -0.2) is 9.38 Å². The molecule has 0 saturated heterocycles. The summed E-state index contributed by atoms with van der Waals surface area (Å²) in [6.07, 6.45) is 3.72. The van der Waals surface area contributed by atoms with Crippen LogP contribution in [0.1, 0.15) is 5.56 Å². The van der Waals surface area contributed by atoms with Gasteiger partial charge in [-0.1, -0.05) is 0 Å². The molecule has 4 heteroatoms. The Hall–Kier alpha value is -2.36. The van der Waals surface area contributed by atoms with E-state index in [2.05, 4.69) is 4.98 Å². The normalized spacial score (nSPS) is 11.0. The lowest BCUT2D eigenvalue weighted by molar-refractivity contribution is 0.628. The average molecular weight is 241 g/mol. The maximum atomic E-state index is 12.9. The van der Waals surface area contributed by atoms with Crippen LogP contribution in [0.5, 0.6) is 0 Å². The molecule has 0 amide bonds. The van der Waals surface area contributed by atoms with E-state index in [1.165, 1.54) is 12.1 Å². The van der Waals surface area contributed by atoms with Crippen LogP contribution in [0.2, 0.25) is 0 Å². The van der Waals surface area contributed by atoms with Crippen molar-refractivity contribution in [3.05, 3.63) is 54.1 Å². The summed E-state index contributed by atoms with van der Waals surface area (Å²) in [5.41, 5.74) is 10.1. The lowest BCUT2D eigenvalue weighted by atomic mass is 10.2. The van der Waals surface area contributed by atoms with E-state index in [1.54, 1.807) is 12.1 Å². The summed E-state index contributed by atoms with van der Waals surface area (Å²) >= 11 is 0. The third-order valence-corrected chi connectivity index (χ3v) is 2.90. The fourth-order valence-electron chi connectivity index (χ4n) is 2.06. The number of aryl methyl sites for hydroxylation is 1. The summed E-state index contributed by atoms with van der Waals surface area (Å²) in [4.78, 5) is 4.54. The second-order valence-corrected chi connectivity index (χ2v) is 4.32. The zero-order chi connectivity index (χ0) is 12.7. The fourth-order valence-corrected chi connectivity index (χ4v) is 2.06. The van der Waals surface area contributed by atoms with Crippen LogP contribution in [0.25, 0.3) is 16.9 Å². The number of rotatable bonds is 1. The van der Waals surface area contributed by atoms with Gasteiger partial charge in [-0.2, -0.15) is 0 Å². The number of aromatic nitrogens is 2. The molecule has 3 nitrogen and oxygen atoms in total. The standard InChI is InChI=1S/C14H12FN3/c1-9-6-12(16)7-18-8-13(17-14(9)18)10-2-4-11(15)5-3-10/h2-8H,16H2,1H3. The van der Waals surface area contributed by atoms with Gasteiger partial charge in [-0.05, 0) is 42.8 Å². The van der Waals surface area contributed by atoms with Crippen LogP contribution in [0.3, 0.4) is 0 Å². The largest absolute Gasteiger partial charge is 0.398 e. The van der Waals surface area contributed by atoms with Crippen LogP contribution >= 0.6 is 0 Å². The number of fused-ring (bicyclic) bond motifs is 1. The van der Waals surface area contributed by atoms with Crippen LogP contribution in [-0.2, 0) is 0 Å². The Morgan fingerprint density at radius 2 is 1.89 bits per heavy atom. The van der Waals surface area contributed by atoms with E-state index in [1.807, 2.05) is 29.8 Å². The highest BCUT2D eigenvalue weighted by atomic mass is 19.1. The molecule has 1 aromatic carbocycles.